The third kappa shape index (κ3) is 18.9. The average Bonchev–Trinajstić information content (AvgIpc) is 1.88. The van der Waals surface area contributed by atoms with Crippen LogP contribution in [0.5, 0.6) is 0 Å². The summed E-state index contributed by atoms with van der Waals surface area (Å²) in [5.74, 6) is 0. The highest BCUT2D eigenvalue weighted by atomic mass is 13.6. The first-order valence-corrected chi connectivity index (χ1v) is 2.64. The smallest absolute Gasteiger partial charge is 0.0172 e. The highest BCUT2D eigenvalue weighted by molar-refractivity contribution is 4.85. The summed E-state index contributed by atoms with van der Waals surface area (Å²) in [7, 11) is 0. The van der Waals surface area contributed by atoms with Gasteiger partial charge in [-0.1, -0.05) is 18.2 Å². The maximum absolute atomic E-state index is 3.55. The summed E-state index contributed by atoms with van der Waals surface area (Å²) in [6.07, 6.45) is 6.95. The predicted molar refractivity (Wildman–Crippen MR) is 40.9 cm³/mol. The van der Waals surface area contributed by atoms with Crippen LogP contribution < -0.4 is 0 Å². The topological polar surface area (TPSA) is 0 Å². The van der Waals surface area contributed by atoms with E-state index in [0.717, 1.165) is 6.42 Å². The quantitative estimate of drug-likeness (QED) is 0.479. The maximum Gasteiger partial charge on any atom is -0.0172 e. The molecule has 0 saturated carbocycles. The van der Waals surface area contributed by atoms with Crippen molar-refractivity contribution in [1.29, 1.82) is 0 Å². The molecule has 0 bridgehead atoms. The Morgan fingerprint density at radius 2 is 1.88 bits per heavy atom. The molecule has 0 radical (unpaired) electrons. The van der Waals surface area contributed by atoms with Crippen molar-refractivity contribution in [3.05, 3.63) is 38.0 Å². The van der Waals surface area contributed by atoms with Gasteiger partial charge >= 0.3 is 0 Å². The minimum Gasteiger partial charge on any atom is -0.106 e. The first kappa shape index (κ1) is 10.3. The largest absolute Gasteiger partial charge is 0.106 e. The highest BCUT2D eigenvalue weighted by Gasteiger charge is 1.57. The lowest BCUT2D eigenvalue weighted by Crippen LogP contribution is -1.48. The van der Waals surface area contributed by atoms with Crippen molar-refractivity contribution < 1.29 is 0 Å². The molecule has 0 aromatic rings. The molecule has 0 aliphatic heterocycles. The van der Waals surface area contributed by atoms with Crippen molar-refractivity contribution in [2.45, 2.75) is 13.3 Å². The molecule has 0 aromatic heterocycles. The van der Waals surface area contributed by atoms with Crippen LogP contribution in [0, 0.1) is 0 Å². The molecule has 8 heavy (non-hydrogen) atoms. The molecule has 0 atom stereocenters. The maximum atomic E-state index is 3.55. The van der Waals surface area contributed by atoms with Gasteiger partial charge in [-0.25, -0.2) is 0 Å². The molecule has 46 valence electrons. The van der Waals surface area contributed by atoms with Gasteiger partial charge in [-0.15, -0.1) is 19.7 Å². The van der Waals surface area contributed by atoms with Crippen molar-refractivity contribution in [3.63, 3.8) is 0 Å². The summed E-state index contributed by atoms with van der Waals surface area (Å²) in [5.41, 5.74) is 0. The molecule has 0 aliphatic carbocycles. The normalized spacial score (nSPS) is 7.62. The van der Waals surface area contributed by atoms with Gasteiger partial charge in [-0.2, -0.15) is 0 Å². The van der Waals surface area contributed by atoms with Crippen molar-refractivity contribution >= 4 is 0 Å². The molecule has 0 unspecified atom stereocenters. The van der Waals surface area contributed by atoms with Gasteiger partial charge in [0.2, 0.25) is 0 Å². The number of hydrogen-bond acceptors (Lipinski definition) is 0. The fourth-order valence-electron chi connectivity index (χ4n) is 0.232. The Balaban J connectivity index is 0. The number of allylic oxidation sites excluding steroid dienone is 3. The molecular weight excluding hydrogens is 96.1 g/mol. The molecule has 0 amide bonds. The molecule has 0 heteroatoms. The predicted octanol–water partition coefficient (Wildman–Crippen LogP) is 2.94. The molecule has 0 heterocycles. The Morgan fingerprint density at radius 1 is 1.38 bits per heavy atom. The van der Waals surface area contributed by atoms with E-state index >= 15 is 0 Å². The zero-order valence-electron chi connectivity index (χ0n) is 5.56. The third-order valence-electron chi connectivity index (χ3n) is 0.538. The standard InChI is InChI=1S/C6H10.C2H4/c1-3-5-6-4-2;1-2/h3-4,6H,1,5H2,2H3;1-2H2/b6-4+;. The van der Waals surface area contributed by atoms with Crippen LogP contribution in [0.25, 0.3) is 0 Å². The monoisotopic (exact) mass is 110 g/mol. The Bertz CT molecular complexity index is 60.4. The van der Waals surface area contributed by atoms with Crippen LogP contribution >= 0.6 is 0 Å². The van der Waals surface area contributed by atoms with E-state index in [2.05, 4.69) is 25.8 Å². The molecule has 0 rings (SSSR count). The van der Waals surface area contributed by atoms with E-state index in [0.29, 0.717) is 0 Å². The molecule has 0 spiro atoms. The first-order chi connectivity index (χ1) is 3.91. The van der Waals surface area contributed by atoms with Gasteiger partial charge in [-0.05, 0) is 13.3 Å². The van der Waals surface area contributed by atoms with E-state index in [1.165, 1.54) is 0 Å². The summed E-state index contributed by atoms with van der Waals surface area (Å²) >= 11 is 0. The number of rotatable bonds is 2. The lowest BCUT2D eigenvalue weighted by atomic mass is 10.4. The van der Waals surface area contributed by atoms with Crippen molar-refractivity contribution in [2.75, 3.05) is 0 Å². The molecule has 0 aromatic carbocycles. The van der Waals surface area contributed by atoms with Crippen LogP contribution in [-0.4, -0.2) is 0 Å². The summed E-state index contributed by atoms with van der Waals surface area (Å²) in [6.45, 7) is 11.6. The van der Waals surface area contributed by atoms with Crippen molar-refractivity contribution in [2.24, 2.45) is 0 Å². The Morgan fingerprint density at radius 3 is 2.00 bits per heavy atom. The van der Waals surface area contributed by atoms with Gasteiger partial charge in [0.25, 0.3) is 0 Å². The van der Waals surface area contributed by atoms with E-state index < -0.39 is 0 Å². The van der Waals surface area contributed by atoms with Gasteiger partial charge in [0.15, 0.2) is 0 Å². The van der Waals surface area contributed by atoms with Crippen LogP contribution in [0.15, 0.2) is 38.0 Å². The molecule has 0 aliphatic rings. The van der Waals surface area contributed by atoms with Crippen LogP contribution in [0.2, 0.25) is 0 Å². The number of hydrogen-bond donors (Lipinski definition) is 0. The zero-order chi connectivity index (χ0) is 6.83. The second kappa shape index (κ2) is 16.3. The fourth-order valence-corrected chi connectivity index (χ4v) is 0.232. The van der Waals surface area contributed by atoms with Gasteiger partial charge < -0.3 is 0 Å². The second-order valence-corrected chi connectivity index (χ2v) is 1.09. The van der Waals surface area contributed by atoms with E-state index in [9.17, 15) is 0 Å². The molecule has 0 nitrogen and oxygen atoms in total. The minimum atomic E-state index is 0.997. The van der Waals surface area contributed by atoms with E-state index in [1.807, 2.05) is 19.1 Å². The molecule has 0 N–H and O–H groups in total. The van der Waals surface area contributed by atoms with Gasteiger partial charge in [0.1, 0.15) is 0 Å². The van der Waals surface area contributed by atoms with Crippen LogP contribution in [0.3, 0.4) is 0 Å². The Kier molecular flexibility index (Phi) is 20.9. The van der Waals surface area contributed by atoms with Gasteiger partial charge in [0.05, 0.1) is 0 Å². The van der Waals surface area contributed by atoms with Crippen LogP contribution in [0.4, 0.5) is 0 Å². The zero-order valence-corrected chi connectivity index (χ0v) is 5.56. The molecule has 0 saturated heterocycles. The van der Waals surface area contributed by atoms with Crippen molar-refractivity contribution in [3.8, 4) is 0 Å². The summed E-state index contributed by atoms with van der Waals surface area (Å²) in [5, 5.41) is 0. The molecular formula is C8H14. The van der Waals surface area contributed by atoms with Crippen LogP contribution in [0.1, 0.15) is 13.3 Å². The van der Waals surface area contributed by atoms with Gasteiger partial charge in [0, 0.05) is 0 Å². The highest BCUT2D eigenvalue weighted by Crippen LogP contribution is 1.78. The SMILES string of the molecule is C=C.C=CC/C=C/C. The summed E-state index contributed by atoms with van der Waals surface area (Å²) in [4.78, 5) is 0. The molecule has 0 fully saturated rings. The fraction of sp³-hybridized carbons (Fsp3) is 0.250. The van der Waals surface area contributed by atoms with E-state index in [-0.39, 0.29) is 0 Å². The Hall–Kier alpha value is -0.780. The van der Waals surface area contributed by atoms with E-state index in [1.54, 1.807) is 0 Å². The second-order valence-electron chi connectivity index (χ2n) is 1.09. The third-order valence-corrected chi connectivity index (χ3v) is 0.538. The minimum absolute atomic E-state index is 0.997. The summed E-state index contributed by atoms with van der Waals surface area (Å²) < 4.78 is 0. The Labute approximate surface area is 52.2 Å². The lowest BCUT2D eigenvalue weighted by molar-refractivity contribution is 1.39. The van der Waals surface area contributed by atoms with E-state index in [4.69, 9.17) is 0 Å². The first-order valence-electron chi connectivity index (χ1n) is 2.64. The lowest BCUT2D eigenvalue weighted by Gasteiger charge is -1.69. The van der Waals surface area contributed by atoms with Crippen LogP contribution in [-0.2, 0) is 0 Å². The average molecular weight is 110 g/mol. The summed E-state index contributed by atoms with van der Waals surface area (Å²) in [6, 6.07) is 0. The van der Waals surface area contributed by atoms with Gasteiger partial charge in [-0.3, -0.25) is 0 Å². The van der Waals surface area contributed by atoms with Crippen molar-refractivity contribution in [1.82, 2.24) is 0 Å².